The Bertz CT molecular complexity index is 1040. The Morgan fingerprint density at radius 1 is 1.22 bits per heavy atom. The summed E-state index contributed by atoms with van der Waals surface area (Å²) < 4.78 is 56.1. The van der Waals surface area contributed by atoms with E-state index in [1.54, 1.807) is 11.8 Å². The predicted octanol–water partition coefficient (Wildman–Crippen LogP) is 1.31. The van der Waals surface area contributed by atoms with Crippen molar-refractivity contribution in [1.29, 1.82) is 0 Å². The zero-order valence-corrected chi connectivity index (χ0v) is 16.8. The van der Waals surface area contributed by atoms with Crippen molar-refractivity contribution in [3.63, 3.8) is 0 Å². The number of ether oxygens (including phenoxy) is 1. The van der Waals surface area contributed by atoms with Crippen molar-refractivity contribution in [3.05, 3.63) is 48.0 Å². The zero-order valence-electron chi connectivity index (χ0n) is 14.4. The first-order valence-electron chi connectivity index (χ1n) is 7.86. The van der Waals surface area contributed by atoms with Gasteiger partial charge in [-0.25, -0.2) is 22.0 Å². The second-order valence-electron chi connectivity index (χ2n) is 5.86. The van der Waals surface area contributed by atoms with Gasteiger partial charge in [-0.15, -0.1) is 0 Å². The monoisotopic (exact) mass is 429 g/mol. The molecular formula is C16H19N3O5S3. The van der Waals surface area contributed by atoms with Crippen LogP contribution in [0.1, 0.15) is 5.56 Å². The van der Waals surface area contributed by atoms with Gasteiger partial charge in [-0.3, -0.25) is 0 Å². The molecule has 8 nitrogen and oxygen atoms in total. The molecule has 0 spiro atoms. The minimum absolute atomic E-state index is 0.0171. The number of nitrogens with two attached hydrogens (primary N) is 1. The van der Waals surface area contributed by atoms with E-state index >= 15 is 0 Å². The number of benzene rings is 2. The second kappa shape index (κ2) is 7.68. The standard InChI is InChI=1S/C16H19N3O5S3/c1-24-13-7-12-14(8-15(13)26(17,20)21)27(22,23)19-16(18-12)10-25-9-11-5-3-2-4-6-11/h2-8,16,18-19H,9-10H2,1H3,(H2,17,20,21). The van der Waals surface area contributed by atoms with E-state index in [1.807, 2.05) is 30.3 Å². The van der Waals surface area contributed by atoms with Crippen LogP contribution in [0.3, 0.4) is 0 Å². The lowest BCUT2D eigenvalue weighted by Gasteiger charge is -2.28. The van der Waals surface area contributed by atoms with Gasteiger partial charge < -0.3 is 10.1 Å². The second-order valence-corrected chi connectivity index (χ2v) is 10.1. The largest absolute Gasteiger partial charge is 0.495 e. The summed E-state index contributed by atoms with van der Waals surface area (Å²) in [5.74, 6) is 1.20. The van der Waals surface area contributed by atoms with Crippen molar-refractivity contribution in [2.24, 2.45) is 5.14 Å². The quantitative estimate of drug-likeness (QED) is 0.631. The molecule has 146 valence electrons. The Hall–Kier alpha value is -1.79. The van der Waals surface area contributed by atoms with Gasteiger partial charge in [0.25, 0.3) is 0 Å². The summed E-state index contributed by atoms with van der Waals surface area (Å²) in [4.78, 5) is -0.565. The molecule has 27 heavy (non-hydrogen) atoms. The summed E-state index contributed by atoms with van der Waals surface area (Å²) in [6, 6.07) is 12.2. The maximum Gasteiger partial charge on any atom is 0.244 e. The molecule has 1 heterocycles. The van der Waals surface area contributed by atoms with E-state index in [2.05, 4.69) is 10.0 Å². The van der Waals surface area contributed by atoms with Crippen LogP contribution in [-0.2, 0) is 25.8 Å². The van der Waals surface area contributed by atoms with Crippen molar-refractivity contribution < 1.29 is 21.6 Å². The van der Waals surface area contributed by atoms with Crippen LogP contribution in [0.15, 0.2) is 52.3 Å². The minimum Gasteiger partial charge on any atom is -0.495 e. The van der Waals surface area contributed by atoms with E-state index < -0.39 is 26.2 Å². The molecular weight excluding hydrogens is 410 g/mol. The van der Waals surface area contributed by atoms with Gasteiger partial charge in [0.1, 0.15) is 15.5 Å². The van der Waals surface area contributed by atoms with Crippen LogP contribution in [0, 0.1) is 0 Å². The lowest BCUT2D eigenvalue weighted by atomic mass is 10.2. The smallest absolute Gasteiger partial charge is 0.244 e. The minimum atomic E-state index is -4.14. The molecule has 1 unspecified atom stereocenters. The van der Waals surface area contributed by atoms with Gasteiger partial charge in [0.15, 0.2) is 0 Å². The first kappa shape index (κ1) is 20.0. The molecule has 0 saturated carbocycles. The van der Waals surface area contributed by atoms with E-state index in [9.17, 15) is 16.8 Å². The molecule has 0 aromatic heterocycles. The molecule has 4 N–H and O–H groups in total. The summed E-state index contributed by atoms with van der Waals surface area (Å²) in [7, 11) is -6.74. The van der Waals surface area contributed by atoms with E-state index in [4.69, 9.17) is 9.88 Å². The van der Waals surface area contributed by atoms with Crippen molar-refractivity contribution >= 4 is 37.5 Å². The fraction of sp³-hybridized carbons (Fsp3) is 0.250. The van der Waals surface area contributed by atoms with Gasteiger partial charge in [-0.2, -0.15) is 16.5 Å². The molecule has 1 atom stereocenters. The molecule has 2 aromatic rings. The fourth-order valence-electron chi connectivity index (χ4n) is 2.67. The third-order valence-corrected chi connectivity index (χ3v) is 7.44. The predicted molar refractivity (Wildman–Crippen MR) is 105 cm³/mol. The summed E-state index contributed by atoms with van der Waals surface area (Å²) in [6.07, 6.45) is -0.541. The highest BCUT2D eigenvalue weighted by atomic mass is 32.2. The summed E-state index contributed by atoms with van der Waals surface area (Å²) in [5.41, 5.74) is 1.41. The van der Waals surface area contributed by atoms with Crippen LogP contribution >= 0.6 is 11.8 Å². The normalized spacial score (nSPS) is 18.4. The molecule has 0 amide bonds. The van der Waals surface area contributed by atoms with Gasteiger partial charge >= 0.3 is 0 Å². The highest BCUT2D eigenvalue weighted by Gasteiger charge is 2.32. The number of hydrogen-bond acceptors (Lipinski definition) is 7. The van der Waals surface area contributed by atoms with E-state index in [0.717, 1.165) is 17.4 Å². The van der Waals surface area contributed by atoms with Crippen LogP contribution in [-0.4, -0.2) is 35.9 Å². The Morgan fingerprint density at radius 2 is 1.93 bits per heavy atom. The van der Waals surface area contributed by atoms with E-state index in [0.29, 0.717) is 5.75 Å². The number of rotatable bonds is 6. The number of methoxy groups -OCH3 is 1. The van der Waals surface area contributed by atoms with Gasteiger partial charge in [0.05, 0.1) is 19.0 Å². The average molecular weight is 430 g/mol. The Morgan fingerprint density at radius 3 is 2.56 bits per heavy atom. The first-order chi connectivity index (χ1) is 12.7. The Labute approximate surface area is 162 Å². The zero-order chi connectivity index (χ0) is 19.7. The van der Waals surface area contributed by atoms with Crippen LogP contribution in [0.4, 0.5) is 5.69 Å². The number of primary sulfonamides is 1. The molecule has 0 fully saturated rings. The molecule has 3 rings (SSSR count). The third-order valence-electron chi connectivity index (χ3n) is 3.89. The molecule has 1 aliphatic rings. The molecule has 2 aromatic carbocycles. The summed E-state index contributed by atoms with van der Waals surface area (Å²) in [6.45, 7) is 0. The van der Waals surface area contributed by atoms with Crippen LogP contribution in [0.5, 0.6) is 5.75 Å². The maximum absolute atomic E-state index is 12.6. The highest BCUT2D eigenvalue weighted by Crippen LogP contribution is 2.35. The number of fused-ring (bicyclic) bond motifs is 1. The maximum atomic E-state index is 12.6. The van der Waals surface area contributed by atoms with Crippen molar-refractivity contribution in [2.75, 3.05) is 18.2 Å². The van der Waals surface area contributed by atoms with Gasteiger partial charge in [-0.05, 0) is 11.6 Å². The van der Waals surface area contributed by atoms with Crippen LogP contribution in [0.25, 0.3) is 0 Å². The highest BCUT2D eigenvalue weighted by molar-refractivity contribution is 7.98. The molecule has 0 radical (unpaired) electrons. The first-order valence-corrected chi connectivity index (χ1v) is 12.0. The van der Waals surface area contributed by atoms with Crippen molar-refractivity contribution in [2.45, 2.75) is 21.7 Å². The number of nitrogens with one attached hydrogen (secondary N) is 2. The SMILES string of the molecule is COc1cc2c(cc1S(N)(=O)=O)S(=O)(=O)NC(CSCc1ccccc1)N2. The molecule has 1 aliphatic heterocycles. The van der Waals surface area contributed by atoms with Gasteiger partial charge in [0.2, 0.25) is 20.0 Å². The number of anilines is 1. The number of sulfonamides is 2. The lowest BCUT2D eigenvalue weighted by Crippen LogP contribution is -2.46. The van der Waals surface area contributed by atoms with Crippen LogP contribution < -0.4 is 19.9 Å². The molecule has 11 heteroatoms. The summed E-state index contributed by atoms with van der Waals surface area (Å²) >= 11 is 1.57. The molecule has 0 aliphatic carbocycles. The molecule has 0 bridgehead atoms. The van der Waals surface area contributed by atoms with Gasteiger partial charge in [0, 0.05) is 17.6 Å². The van der Waals surface area contributed by atoms with Gasteiger partial charge in [-0.1, -0.05) is 30.3 Å². The fourth-order valence-corrected chi connectivity index (χ4v) is 5.83. The Balaban J connectivity index is 1.82. The van der Waals surface area contributed by atoms with Crippen LogP contribution in [0.2, 0.25) is 0 Å². The number of hydrogen-bond donors (Lipinski definition) is 3. The van der Waals surface area contributed by atoms with E-state index in [-0.39, 0.29) is 21.2 Å². The number of thioether (sulfide) groups is 1. The van der Waals surface area contributed by atoms with Crippen molar-refractivity contribution in [1.82, 2.24) is 4.72 Å². The topological polar surface area (TPSA) is 128 Å². The average Bonchev–Trinajstić information content (AvgIpc) is 2.60. The Kier molecular flexibility index (Phi) is 5.68. The lowest BCUT2D eigenvalue weighted by molar-refractivity contribution is 0.402. The van der Waals surface area contributed by atoms with Crippen molar-refractivity contribution in [3.8, 4) is 5.75 Å². The summed E-state index contributed by atoms with van der Waals surface area (Å²) in [5, 5.41) is 8.22. The third kappa shape index (κ3) is 4.55. The molecule has 0 saturated heterocycles. The van der Waals surface area contributed by atoms with E-state index in [1.165, 1.54) is 13.2 Å².